The van der Waals surface area contributed by atoms with Gasteiger partial charge in [0.25, 0.3) is 0 Å². The van der Waals surface area contributed by atoms with Crippen LogP contribution in [0.1, 0.15) is 24.8 Å². The molecule has 2 N–H and O–H groups in total. The number of aromatic hydroxyl groups is 1. The molecule has 1 aliphatic heterocycles. The minimum atomic E-state index is 0.122. The molecule has 0 aromatic heterocycles. The molecule has 1 saturated heterocycles. The van der Waals surface area contributed by atoms with Gasteiger partial charge in [-0.05, 0) is 30.5 Å². The predicted molar refractivity (Wildman–Crippen MR) is 78.9 cm³/mol. The summed E-state index contributed by atoms with van der Waals surface area (Å²) in [6, 6.07) is 7.63. The van der Waals surface area contributed by atoms with Crippen LogP contribution in [-0.2, 0) is 16.1 Å². The number of phenolic OH excluding ortho intramolecular Hbond substituents is 1. The summed E-state index contributed by atoms with van der Waals surface area (Å²) in [6.07, 6.45) is 2.65. The second-order valence-corrected chi connectivity index (χ2v) is 5.85. The maximum atomic E-state index is 12.6. The Labute approximate surface area is 124 Å². The maximum Gasteiger partial charge on any atom is 0.224 e. The molecule has 21 heavy (non-hydrogen) atoms. The van der Waals surface area contributed by atoms with Crippen LogP contribution in [0.3, 0.4) is 0 Å². The fourth-order valence-corrected chi connectivity index (χ4v) is 2.74. The average Bonchev–Trinajstić information content (AvgIpc) is 3.30. The summed E-state index contributed by atoms with van der Waals surface area (Å²) < 4.78 is 5.41. The van der Waals surface area contributed by atoms with Gasteiger partial charge in [-0.1, -0.05) is 12.1 Å². The molecular formula is C16H22N2O3. The van der Waals surface area contributed by atoms with E-state index in [0.717, 1.165) is 31.6 Å². The number of ether oxygens (including phenoxy) is 1. The summed E-state index contributed by atoms with van der Waals surface area (Å²) in [5, 5.41) is 12.9. The van der Waals surface area contributed by atoms with Crippen LogP contribution in [0.2, 0.25) is 0 Å². The number of amides is 1. The first-order valence-corrected chi connectivity index (χ1v) is 7.61. The van der Waals surface area contributed by atoms with Crippen molar-refractivity contribution < 1.29 is 14.6 Å². The summed E-state index contributed by atoms with van der Waals surface area (Å²) >= 11 is 0. The largest absolute Gasteiger partial charge is 0.508 e. The van der Waals surface area contributed by atoms with Gasteiger partial charge in [0, 0.05) is 31.6 Å². The van der Waals surface area contributed by atoms with Gasteiger partial charge in [-0.25, -0.2) is 0 Å². The first kappa shape index (κ1) is 14.4. The van der Waals surface area contributed by atoms with Crippen LogP contribution in [-0.4, -0.2) is 47.8 Å². The Kier molecular flexibility index (Phi) is 4.41. The van der Waals surface area contributed by atoms with E-state index in [1.165, 1.54) is 0 Å². The zero-order valence-electron chi connectivity index (χ0n) is 12.1. The van der Waals surface area contributed by atoms with E-state index >= 15 is 0 Å². The van der Waals surface area contributed by atoms with Crippen LogP contribution in [0.25, 0.3) is 0 Å². The minimum Gasteiger partial charge on any atom is -0.508 e. The van der Waals surface area contributed by atoms with Crippen molar-refractivity contribution in [1.82, 2.24) is 10.2 Å². The number of carbonyl (C=O) groups is 1. The Bertz CT molecular complexity index is 496. The lowest BCUT2D eigenvalue weighted by molar-refractivity contribution is -0.133. The number of phenols is 1. The Balaban J connectivity index is 1.62. The highest BCUT2D eigenvalue weighted by molar-refractivity contribution is 5.77. The van der Waals surface area contributed by atoms with E-state index in [1.807, 2.05) is 17.0 Å². The lowest BCUT2D eigenvalue weighted by Crippen LogP contribution is -2.45. The number of nitrogens with one attached hydrogen (secondary N) is 1. The van der Waals surface area contributed by atoms with Crippen LogP contribution in [0.4, 0.5) is 0 Å². The fraction of sp³-hybridized carbons (Fsp3) is 0.562. The molecule has 2 fully saturated rings. The maximum absolute atomic E-state index is 12.6. The molecule has 1 aromatic carbocycles. The minimum absolute atomic E-state index is 0.122. The molecule has 0 radical (unpaired) electrons. The first-order chi connectivity index (χ1) is 10.2. The first-order valence-electron chi connectivity index (χ1n) is 7.61. The molecule has 0 bridgehead atoms. The van der Waals surface area contributed by atoms with E-state index in [0.29, 0.717) is 25.6 Å². The standard InChI is InChI=1S/C16H22N2O3/c19-15-3-1-2-12(8-15)10-18(14-4-5-14)16(20)9-13-11-21-7-6-17-13/h1-3,8,13-14,17,19H,4-7,9-11H2. The molecule has 5 heteroatoms. The molecule has 1 heterocycles. The molecule has 3 rings (SSSR count). The van der Waals surface area contributed by atoms with Gasteiger partial charge in [-0.3, -0.25) is 4.79 Å². The monoisotopic (exact) mass is 290 g/mol. The molecular weight excluding hydrogens is 268 g/mol. The highest BCUT2D eigenvalue weighted by Crippen LogP contribution is 2.29. The van der Waals surface area contributed by atoms with Crippen molar-refractivity contribution in [3.63, 3.8) is 0 Å². The van der Waals surface area contributed by atoms with Crippen LogP contribution in [0, 0.1) is 0 Å². The topological polar surface area (TPSA) is 61.8 Å². The Morgan fingerprint density at radius 2 is 2.29 bits per heavy atom. The SMILES string of the molecule is O=C(CC1COCCN1)N(Cc1cccc(O)c1)C1CC1. The number of morpholine rings is 1. The summed E-state index contributed by atoms with van der Waals surface area (Å²) in [4.78, 5) is 14.5. The van der Waals surface area contributed by atoms with Crippen molar-refractivity contribution >= 4 is 5.91 Å². The highest BCUT2D eigenvalue weighted by atomic mass is 16.5. The van der Waals surface area contributed by atoms with Crippen molar-refractivity contribution in [1.29, 1.82) is 0 Å². The Morgan fingerprint density at radius 3 is 2.95 bits per heavy atom. The molecule has 0 spiro atoms. The van der Waals surface area contributed by atoms with Crippen molar-refractivity contribution in [3.05, 3.63) is 29.8 Å². The van der Waals surface area contributed by atoms with Crippen LogP contribution in [0.15, 0.2) is 24.3 Å². The molecule has 2 aliphatic rings. The molecule has 1 saturated carbocycles. The van der Waals surface area contributed by atoms with Gasteiger partial charge < -0.3 is 20.1 Å². The van der Waals surface area contributed by atoms with Crippen LogP contribution in [0.5, 0.6) is 5.75 Å². The second kappa shape index (κ2) is 6.45. The van der Waals surface area contributed by atoms with E-state index in [-0.39, 0.29) is 17.7 Å². The normalized spacial score (nSPS) is 22.0. The zero-order chi connectivity index (χ0) is 14.7. The number of hydrogen-bond acceptors (Lipinski definition) is 4. The summed E-state index contributed by atoms with van der Waals surface area (Å²) in [6.45, 7) is 2.72. The molecule has 5 nitrogen and oxygen atoms in total. The lowest BCUT2D eigenvalue weighted by Gasteiger charge is -2.28. The van der Waals surface area contributed by atoms with Gasteiger partial charge in [-0.2, -0.15) is 0 Å². The fourth-order valence-electron chi connectivity index (χ4n) is 2.74. The number of benzene rings is 1. The molecule has 1 aliphatic carbocycles. The Morgan fingerprint density at radius 1 is 1.43 bits per heavy atom. The van der Waals surface area contributed by atoms with Gasteiger partial charge in [-0.15, -0.1) is 0 Å². The second-order valence-electron chi connectivity index (χ2n) is 5.85. The number of nitrogens with zero attached hydrogens (tertiary/aromatic N) is 1. The van der Waals surface area contributed by atoms with E-state index < -0.39 is 0 Å². The summed E-state index contributed by atoms with van der Waals surface area (Å²) in [7, 11) is 0. The summed E-state index contributed by atoms with van der Waals surface area (Å²) in [5.41, 5.74) is 0.975. The summed E-state index contributed by atoms with van der Waals surface area (Å²) in [5.74, 6) is 0.418. The smallest absolute Gasteiger partial charge is 0.224 e. The van der Waals surface area contributed by atoms with Crippen molar-refractivity contribution in [2.75, 3.05) is 19.8 Å². The van der Waals surface area contributed by atoms with E-state index in [2.05, 4.69) is 5.32 Å². The zero-order valence-corrected chi connectivity index (χ0v) is 12.1. The van der Waals surface area contributed by atoms with Crippen LogP contribution >= 0.6 is 0 Å². The van der Waals surface area contributed by atoms with Gasteiger partial charge in [0.1, 0.15) is 5.75 Å². The van der Waals surface area contributed by atoms with Gasteiger partial charge in [0.05, 0.1) is 13.2 Å². The van der Waals surface area contributed by atoms with Gasteiger partial charge >= 0.3 is 0 Å². The van der Waals surface area contributed by atoms with Gasteiger partial charge in [0.15, 0.2) is 0 Å². The molecule has 1 amide bonds. The third-order valence-electron chi connectivity index (χ3n) is 3.99. The number of carbonyl (C=O) groups excluding carboxylic acids is 1. The Hall–Kier alpha value is -1.59. The van der Waals surface area contributed by atoms with Gasteiger partial charge in [0.2, 0.25) is 5.91 Å². The third-order valence-corrected chi connectivity index (χ3v) is 3.99. The number of rotatable bonds is 5. The predicted octanol–water partition coefficient (Wildman–Crippen LogP) is 1.26. The quantitative estimate of drug-likeness (QED) is 0.857. The van der Waals surface area contributed by atoms with Crippen molar-refractivity contribution in [2.45, 2.75) is 37.9 Å². The van der Waals surface area contributed by atoms with Crippen LogP contribution < -0.4 is 5.32 Å². The average molecular weight is 290 g/mol. The lowest BCUT2D eigenvalue weighted by atomic mass is 10.1. The highest BCUT2D eigenvalue weighted by Gasteiger charge is 2.33. The van der Waals surface area contributed by atoms with E-state index in [4.69, 9.17) is 4.74 Å². The van der Waals surface area contributed by atoms with Crippen molar-refractivity contribution in [2.24, 2.45) is 0 Å². The molecule has 1 unspecified atom stereocenters. The third kappa shape index (κ3) is 3.95. The van der Waals surface area contributed by atoms with Crippen molar-refractivity contribution in [3.8, 4) is 5.75 Å². The molecule has 1 atom stereocenters. The number of hydrogen-bond donors (Lipinski definition) is 2. The molecule has 114 valence electrons. The molecule has 1 aromatic rings. The van der Waals surface area contributed by atoms with E-state index in [9.17, 15) is 9.90 Å². The van der Waals surface area contributed by atoms with E-state index in [1.54, 1.807) is 12.1 Å².